The SMILES string of the molecule is COc1cccc(C=NNc2nc(-c3ccccc3)cs2)c1OCC#N. The van der Waals surface area contributed by atoms with E-state index in [0.29, 0.717) is 22.2 Å². The highest BCUT2D eigenvalue weighted by atomic mass is 32.1. The van der Waals surface area contributed by atoms with Gasteiger partial charge in [0.2, 0.25) is 5.13 Å². The molecule has 0 aliphatic carbocycles. The fourth-order valence-corrected chi connectivity index (χ4v) is 2.95. The summed E-state index contributed by atoms with van der Waals surface area (Å²) in [5, 5.41) is 15.6. The number of hydrogen-bond donors (Lipinski definition) is 1. The van der Waals surface area contributed by atoms with Gasteiger partial charge in [-0.15, -0.1) is 11.3 Å². The van der Waals surface area contributed by atoms with Crippen LogP contribution >= 0.6 is 11.3 Å². The Kier molecular flexibility index (Phi) is 5.80. The smallest absolute Gasteiger partial charge is 0.203 e. The van der Waals surface area contributed by atoms with Crippen LogP contribution in [0.25, 0.3) is 11.3 Å². The van der Waals surface area contributed by atoms with Gasteiger partial charge < -0.3 is 9.47 Å². The summed E-state index contributed by atoms with van der Waals surface area (Å²) in [6.45, 7) is -0.0679. The van der Waals surface area contributed by atoms with Crippen LogP contribution in [-0.2, 0) is 0 Å². The van der Waals surface area contributed by atoms with Gasteiger partial charge in [0.05, 0.1) is 19.0 Å². The topological polar surface area (TPSA) is 79.5 Å². The van der Waals surface area contributed by atoms with Gasteiger partial charge in [0.1, 0.15) is 6.07 Å². The largest absolute Gasteiger partial charge is 0.493 e. The van der Waals surface area contributed by atoms with Gasteiger partial charge in [0.15, 0.2) is 18.1 Å². The first kappa shape index (κ1) is 17.5. The molecule has 1 aromatic heterocycles. The van der Waals surface area contributed by atoms with Gasteiger partial charge in [-0.2, -0.15) is 10.4 Å². The molecular formula is C19H16N4O2S. The highest BCUT2D eigenvalue weighted by molar-refractivity contribution is 7.14. The number of anilines is 1. The predicted molar refractivity (Wildman–Crippen MR) is 103 cm³/mol. The monoisotopic (exact) mass is 364 g/mol. The van der Waals surface area contributed by atoms with Crippen molar-refractivity contribution in [2.24, 2.45) is 5.10 Å². The van der Waals surface area contributed by atoms with E-state index in [0.717, 1.165) is 11.3 Å². The van der Waals surface area contributed by atoms with E-state index < -0.39 is 0 Å². The lowest BCUT2D eigenvalue weighted by atomic mass is 10.2. The van der Waals surface area contributed by atoms with Crippen molar-refractivity contribution in [2.45, 2.75) is 0 Å². The molecule has 0 aliphatic rings. The van der Waals surface area contributed by atoms with Gasteiger partial charge in [-0.25, -0.2) is 4.98 Å². The van der Waals surface area contributed by atoms with E-state index in [2.05, 4.69) is 15.5 Å². The lowest BCUT2D eigenvalue weighted by molar-refractivity contribution is 0.329. The lowest BCUT2D eigenvalue weighted by Gasteiger charge is -2.10. The third-order valence-corrected chi connectivity index (χ3v) is 4.19. The quantitative estimate of drug-likeness (QED) is 0.503. The molecule has 0 radical (unpaired) electrons. The summed E-state index contributed by atoms with van der Waals surface area (Å²) in [5.41, 5.74) is 5.57. The van der Waals surface area contributed by atoms with E-state index in [4.69, 9.17) is 14.7 Å². The van der Waals surface area contributed by atoms with Crippen molar-refractivity contribution in [3.8, 4) is 28.8 Å². The minimum Gasteiger partial charge on any atom is -0.493 e. The zero-order chi connectivity index (χ0) is 18.2. The number of nitrogens with zero attached hydrogens (tertiary/aromatic N) is 3. The number of para-hydroxylation sites is 1. The first-order chi connectivity index (χ1) is 12.8. The minimum absolute atomic E-state index is 0.0679. The summed E-state index contributed by atoms with van der Waals surface area (Å²) in [4.78, 5) is 4.51. The van der Waals surface area contributed by atoms with E-state index in [9.17, 15) is 0 Å². The molecule has 0 spiro atoms. The second kappa shape index (κ2) is 8.65. The molecule has 0 atom stereocenters. The zero-order valence-corrected chi connectivity index (χ0v) is 14.9. The highest BCUT2D eigenvalue weighted by Crippen LogP contribution is 2.30. The van der Waals surface area contributed by atoms with Crippen LogP contribution in [0, 0.1) is 11.3 Å². The Balaban J connectivity index is 1.73. The van der Waals surface area contributed by atoms with E-state index in [1.807, 2.05) is 53.9 Å². The van der Waals surface area contributed by atoms with Crippen molar-refractivity contribution in [3.63, 3.8) is 0 Å². The van der Waals surface area contributed by atoms with Crippen LogP contribution in [-0.4, -0.2) is 24.9 Å². The van der Waals surface area contributed by atoms with Crippen LogP contribution in [0.15, 0.2) is 59.0 Å². The van der Waals surface area contributed by atoms with Crippen molar-refractivity contribution < 1.29 is 9.47 Å². The Morgan fingerprint density at radius 3 is 2.85 bits per heavy atom. The number of nitrogens with one attached hydrogen (secondary N) is 1. The maximum Gasteiger partial charge on any atom is 0.203 e. The second-order valence-electron chi connectivity index (χ2n) is 5.10. The van der Waals surface area contributed by atoms with Crippen LogP contribution in [0.2, 0.25) is 0 Å². The molecule has 3 aromatic rings. The van der Waals surface area contributed by atoms with Gasteiger partial charge in [0, 0.05) is 16.5 Å². The number of methoxy groups -OCH3 is 1. The third-order valence-electron chi connectivity index (χ3n) is 3.45. The first-order valence-corrected chi connectivity index (χ1v) is 8.66. The van der Waals surface area contributed by atoms with Crippen LogP contribution in [0.5, 0.6) is 11.5 Å². The molecule has 0 amide bonds. The summed E-state index contributed by atoms with van der Waals surface area (Å²) >= 11 is 1.47. The fourth-order valence-electron chi connectivity index (χ4n) is 2.28. The molecule has 0 aliphatic heterocycles. The molecule has 0 saturated heterocycles. The summed E-state index contributed by atoms with van der Waals surface area (Å²) in [5.74, 6) is 1.02. The van der Waals surface area contributed by atoms with Crippen LogP contribution in [0.3, 0.4) is 0 Å². The van der Waals surface area contributed by atoms with Crippen LogP contribution in [0.4, 0.5) is 5.13 Å². The summed E-state index contributed by atoms with van der Waals surface area (Å²) in [7, 11) is 1.55. The number of thiazole rings is 1. The number of ether oxygens (including phenoxy) is 2. The van der Waals surface area contributed by atoms with Gasteiger partial charge in [0.25, 0.3) is 0 Å². The van der Waals surface area contributed by atoms with Crippen molar-refractivity contribution in [1.82, 2.24) is 4.98 Å². The van der Waals surface area contributed by atoms with Gasteiger partial charge in [-0.1, -0.05) is 36.4 Å². The fraction of sp³-hybridized carbons (Fsp3) is 0.105. The first-order valence-electron chi connectivity index (χ1n) is 7.78. The van der Waals surface area contributed by atoms with Crippen molar-refractivity contribution in [2.75, 3.05) is 19.1 Å². The summed E-state index contributed by atoms with van der Waals surface area (Å²) in [6, 6.07) is 17.3. The Morgan fingerprint density at radius 2 is 2.08 bits per heavy atom. The minimum atomic E-state index is -0.0679. The number of hydrogen-bond acceptors (Lipinski definition) is 7. The average molecular weight is 364 g/mol. The van der Waals surface area contributed by atoms with Crippen molar-refractivity contribution in [1.29, 1.82) is 5.26 Å². The Morgan fingerprint density at radius 1 is 1.23 bits per heavy atom. The molecule has 1 N–H and O–H groups in total. The normalized spacial score (nSPS) is 10.5. The molecule has 0 fully saturated rings. The Bertz CT molecular complexity index is 932. The molecular weight excluding hydrogens is 348 g/mol. The average Bonchev–Trinajstić information content (AvgIpc) is 3.16. The summed E-state index contributed by atoms with van der Waals surface area (Å²) < 4.78 is 10.7. The second-order valence-corrected chi connectivity index (χ2v) is 5.96. The molecule has 6 nitrogen and oxygen atoms in total. The number of rotatable bonds is 7. The molecule has 3 rings (SSSR count). The van der Waals surface area contributed by atoms with E-state index in [1.54, 1.807) is 19.4 Å². The van der Waals surface area contributed by atoms with E-state index in [1.165, 1.54) is 11.3 Å². The molecule has 130 valence electrons. The predicted octanol–water partition coefficient (Wildman–Crippen LogP) is 4.17. The van der Waals surface area contributed by atoms with E-state index >= 15 is 0 Å². The Labute approximate surface area is 155 Å². The molecule has 26 heavy (non-hydrogen) atoms. The highest BCUT2D eigenvalue weighted by Gasteiger charge is 2.09. The lowest BCUT2D eigenvalue weighted by Crippen LogP contribution is -2.01. The standard InChI is InChI=1S/C19H16N4O2S/c1-24-17-9-5-8-15(18(17)25-11-10-20)12-21-23-19-22-16(13-26-19)14-6-3-2-4-7-14/h2-9,12-13H,11H2,1H3,(H,22,23). The van der Waals surface area contributed by atoms with Crippen molar-refractivity contribution in [3.05, 3.63) is 59.5 Å². The van der Waals surface area contributed by atoms with Gasteiger partial charge >= 0.3 is 0 Å². The molecule has 7 heteroatoms. The number of benzene rings is 2. The Hall–Kier alpha value is -3.37. The molecule has 0 bridgehead atoms. The number of nitriles is 1. The van der Waals surface area contributed by atoms with Gasteiger partial charge in [-0.05, 0) is 12.1 Å². The number of aromatic nitrogens is 1. The molecule has 2 aromatic carbocycles. The third kappa shape index (κ3) is 4.18. The summed E-state index contributed by atoms with van der Waals surface area (Å²) in [6.07, 6.45) is 1.61. The van der Waals surface area contributed by atoms with Crippen molar-refractivity contribution >= 4 is 22.7 Å². The molecule has 0 unspecified atom stereocenters. The van der Waals surface area contributed by atoms with Crippen LogP contribution in [0.1, 0.15) is 5.56 Å². The zero-order valence-electron chi connectivity index (χ0n) is 14.0. The number of hydrazone groups is 1. The maximum absolute atomic E-state index is 8.73. The van der Waals surface area contributed by atoms with Crippen LogP contribution < -0.4 is 14.9 Å². The van der Waals surface area contributed by atoms with E-state index in [-0.39, 0.29) is 6.61 Å². The van der Waals surface area contributed by atoms with Gasteiger partial charge in [-0.3, -0.25) is 5.43 Å². The maximum atomic E-state index is 8.73. The molecule has 0 saturated carbocycles. The molecule has 1 heterocycles.